The van der Waals surface area contributed by atoms with Gasteiger partial charge in [0.2, 0.25) is 5.91 Å². The topological polar surface area (TPSA) is 49.3 Å². The summed E-state index contributed by atoms with van der Waals surface area (Å²) in [6.07, 6.45) is 0.936. The molecule has 1 aromatic rings. The van der Waals surface area contributed by atoms with Gasteiger partial charge in [-0.3, -0.25) is 4.79 Å². The van der Waals surface area contributed by atoms with Crippen LogP contribution in [0.25, 0.3) is 0 Å². The number of hydrogen-bond donors (Lipinski definition) is 0. The highest BCUT2D eigenvalue weighted by molar-refractivity contribution is 6.19. The van der Waals surface area contributed by atoms with Crippen LogP contribution in [0.5, 0.6) is 0 Å². The maximum atomic E-state index is 12.6. The molecule has 0 bridgehead atoms. The zero-order valence-electron chi connectivity index (χ0n) is 14.8. The third kappa shape index (κ3) is 3.94. The third-order valence-corrected chi connectivity index (χ3v) is 5.14. The third-order valence-electron chi connectivity index (χ3n) is 4.47. The first-order valence-corrected chi connectivity index (χ1v) is 8.72. The van der Waals surface area contributed by atoms with Crippen LogP contribution < -0.4 is 4.90 Å². The van der Waals surface area contributed by atoms with Crippen LogP contribution in [0.3, 0.4) is 0 Å². The quantitative estimate of drug-likeness (QED) is 0.795. The number of alkyl halides is 1. The molecule has 1 aliphatic heterocycles. The SMILES string of the molecule is Cc1nc(C)c(C)c(N2CCCN(C(=O)C(C)(C)CCl)CC2)n1. The van der Waals surface area contributed by atoms with Crippen LogP contribution in [0.2, 0.25) is 0 Å². The van der Waals surface area contributed by atoms with Gasteiger partial charge in [-0.1, -0.05) is 0 Å². The molecule has 6 heteroatoms. The maximum absolute atomic E-state index is 12.6. The van der Waals surface area contributed by atoms with Gasteiger partial charge in [-0.15, -0.1) is 11.6 Å². The van der Waals surface area contributed by atoms with Gasteiger partial charge in [0.05, 0.1) is 5.41 Å². The zero-order valence-corrected chi connectivity index (χ0v) is 15.6. The molecule has 2 heterocycles. The van der Waals surface area contributed by atoms with E-state index in [1.54, 1.807) is 0 Å². The van der Waals surface area contributed by atoms with Crippen molar-refractivity contribution in [1.82, 2.24) is 14.9 Å². The van der Waals surface area contributed by atoms with Crippen LogP contribution in [-0.4, -0.2) is 52.8 Å². The summed E-state index contributed by atoms with van der Waals surface area (Å²) in [5.74, 6) is 2.28. The Labute approximate surface area is 144 Å². The lowest BCUT2D eigenvalue weighted by Gasteiger charge is -2.30. The molecule has 2 rings (SSSR count). The summed E-state index contributed by atoms with van der Waals surface area (Å²) in [7, 11) is 0. The van der Waals surface area contributed by atoms with E-state index < -0.39 is 5.41 Å². The molecule has 0 aliphatic carbocycles. The number of nitrogens with zero attached hydrogens (tertiary/aromatic N) is 4. The zero-order chi connectivity index (χ0) is 17.2. The van der Waals surface area contributed by atoms with E-state index in [0.717, 1.165) is 49.0 Å². The number of carbonyl (C=O) groups is 1. The van der Waals surface area contributed by atoms with Crippen LogP contribution in [0.1, 0.15) is 37.4 Å². The summed E-state index contributed by atoms with van der Waals surface area (Å²) in [5, 5.41) is 0. The van der Waals surface area contributed by atoms with Gasteiger partial charge in [0.15, 0.2) is 0 Å². The van der Waals surface area contributed by atoms with Crippen LogP contribution >= 0.6 is 11.6 Å². The monoisotopic (exact) mass is 338 g/mol. The molecule has 0 saturated carbocycles. The Morgan fingerprint density at radius 3 is 2.48 bits per heavy atom. The molecule has 5 nitrogen and oxygen atoms in total. The van der Waals surface area contributed by atoms with Crippen molar-refractivity contribution >= 4 is 23.3 Å². The summed E-state index contributed by atoms with van der Waals surface area (Å²) < 4.78 is 0. The summed E-state index contributed by atoms with van der Waals surface area (Å²) in [6, 6.07) is 0. The van der Waals surface area contributed by atoms with E-state index in [1.807, 2.05) is 32.6 Å². The predicted octanol–water partition coefficient (Wildman–Crippen LogP) is 2.71. The van der Waals surface area contributed by atoms with Crippen LogP contribution in [0.15, 0.2) is 0 Å². The molecular formula is C17H27ClN4O. The van der Waals surface area contributed by atoms with Crippen molar-refractivity contribution in [3.63, 3.8) is 0 Å². The summed E-state index contributed by atoms with van der Waals surface area (Å²) >= 11 is 5.95. The van der Waals surface area contributed by atoms with Gasteiger partial charge in [0, 0.05) is 43.3 Å². The van der Waals surface area contributed by atoms with E-state index in [4.69, 9.17) is 11.6 Å². The molecule has 128 valence electrons. The molecule has 0 radical (unpaired) electrons. The van der Waals surface area contributed by atoms with Crippen molar-refractivity contribution in [2.75, 3.05) is 37.0 Å². The molecule has 0 N–H and O–H groups in total. The summed E-state index contributed by atoms with van der Waals surface area (Å²) in [4.78, 5) is 25.9. The normalized spacial score (nSPS) is 16.4. The summed E-state index contributed by atoms with van der Waals surface area (Å²) in [5.41, 5.74) is 1.64. The number of aryl methyl sites for hydroxylation is 2. The summed E-state index contributed by atoms with van der Waals surface area (Å²) in [6.45, 7) is 13.0. The van der Waals surface area contributed by atoms with Crippen LogP contribution in [0.4, 0.5) is 5.82 Å². The van der Waals surface area contributed by atoms with E-state index in [9.17, 15) is 4.79 Å². The molecule has 0 spiro atoms. The number of hydrogen-bond acceptors (Lipinski definition) is 4. The Morgan fingerprint density at radius 2 is 1.83 bits per heavy atom. The van der Waals surface area contributed by atoms with Gasteiger partial charge in [0.25, 0.3) is 0 Å². The first kappa shape index (κ1) is 18.0. The lowest BCUT2D eigenvalue weighted by Crippen LogP contribution is -2.43. The van der Waals surface area contributed by atoms with Crippen molar-refractivity contribution in [2.45, 2.75) is 41.0 Å². The van der Waals surface area contributed by atoms with Crippen LogP contribution in [0, 0.1) is 26.2 Å². The van der Waals surface area contributed by atoms with Gasteiger partial charge < -0.3 is 9.80 Å². The Balaban J connectivity index is 2.15. The molecular weight excluding hydrogens is 312 g/mol. The van der Waals surface area contributed by atoms with E-state index in [0.29, 0.717) is 12.4 Å². The fraction of sp³-hybridized carbons (Fsp3) is 0.706. The first-order valence-electron chi connectivity index (χ1n) is 8.18. The smallest absolute Gasteiger partial charge is 0.229 e. The Kier molecular flexibility index (Phi) is 5.50. The first-order chi connectivity index (χ1) is 10.8. The molecule has 1 fully saturated rings. The predicted molar refractivity (Wildman–Crippen MR) is 94.2 cm³/mol. The van der Waals surface area contributed by atoms with Gasteiger partial charge in [-0.25, -0.2) is 9.97 Å². The van der Waals surface area contributed by atoms with E-state index in [2.05, 4.69) is 21.8 Å². The van der Waals surface area contributed by atoms with Gasteiger partial charge in [0.1, 0.15) is 11.6 Å². The minimum atomic E-state index is -0.505. The number of anilines is 1. The van der Waals surface area contributed by atoms with Gasteiger partial charge >= 0.3 is 0 Å². The van der Waals surface area contributed by atoms with Crippen molar-refractivity contribution in [2.24, 2.45) is 5.41 Å². The highest BCUT2D eigenvalue weighted by Crippen LogP contribution is 2.24. The number of halogens is 1. The molecule has 23 heavy (non-hydrogen) atoms. The van der Waals surface area contributed by atoms with E-state index in [1.165, 1.54) is 0 Å². The van der Waals surface area contributed by atoms with Crippen molar-refractivity contribution < 1.29 is 4.79 Å². The number of aromatic nitrogens is 2. The van der Waals surface area contributed by atoms with Gasteiger partial charge in [-0.05, 0) is 41.0 Å². The van der Waals surface area contributed by atoms with Crippen molar-refractivity contribution in [3.8, 4) is 0 Å². The second-order valence-corrected chi connectivity index (χ2v) is 7.22. The van der Waals surface area contributed by atoms with E-state index >= 15 is 0 Å². The van der Waals surface area contributed by atoms with E-state index in [-0.39, 0.29) is 5.91 Å². The minimum Gasteiger partial charge on any atom is -0.354 e. The highest BCUT2D eigenvalue weighted by atomic mass is 35.5. The fourth-order valence-corrected chi connectivity index (χ4v) is 2.99. The average Bonchev–Trinajstić information content (AvgIpc) is 2.75. The Morgan fingerprint density at radius 1 is 1.13 bits per heavy atom. The Hall–Kier alpha value is -1.36. The second-order valence-electron chi connectivity index (χ2n) is 6.96. The molecule has 0 unspecified atom stereocenters. The molecule has 0 aromatic carbocycles. The number of amides is 1. The standard InChI is InChI=1S/C17H27ClN4O/c1-12-13(2)19-14(3)20-15(12)21-7-6-8-22(10-9-21)16(23)17(4,5)11-18/h6-11H2,1-5H3. The lowest BCUT2D eigenvalue weighted by atomic mass is 9.94. The molecule has 1 aliphatic rings. The largest absolute Gasteiger partial charge is 0.354 e. The van der Waals surface area contributed by atoms with Crippen LogP contribution in [-0.2, 0) is 4.79 Å². The molecule has 1 saturated heterocycles. The van der Waals surface area contributed by atoms with Gasteiger partial charge in [-0.2, -0.15) is 0 Å². The maximum Gasteiger partial charge on any atom is 0.229 e. The lowest BCUT2D eigenvalue weighted by molar-refractivity contribution is -0.139. The number of rotatable bonds is 3. The number of carbonyl (C=O) groups excluding carboxylic acids is 1. The Bertz CT molecular complexity index is 588. The molecule has 1 aromatic heterocycles. The fourth-order valence-electron chi connectivity index (χ4n) is 2.88. The second kappa shape index (κ2) is 7.04. The molecule has 1 amide bonds. The van der Waals surface area contributed by atoms with Crippen molar-refractivity contribution in [1.29, 1.82) is 0 Å². The highest BCUT2D eigenvalue weighted by Gasteiger charge is 2.32. The van der Waals surface area contributed by atoms with Crippen molar-refractivity contribution in [3.05, 3.63) is 17.1 Å². The average molecular weight is 339 g/mol. The molecule has 0 atom stereocenters. The minimum absolute atomic E-state index is 0.140.